The predicted octanol–water partition coefficient (Wildman–Crippen LogP) is 4.06. The first-order valence-electron chi connectivity index (χ1n) is 8.25. The number of H-pyrrole nitrogens is 1. The maximum absolute atomic E-state index is 9.07. The number of nitriles is 2. The van der Waals surface area contributed by atoms with Gasteiger partial charge in [0.15, 0.2) is 0 Å². The van der Waals surface area contributed by atoms with Crippen molar-refractivity contribution >= 4 is 11.5 Å². The maximum Gasteiger partial charge on any atom is 0.207 e. The van der Waals surface area contributed by atoms with Gasteiger partial charge >= 0.3 is 0 Å². The van der Waals surface area contributed by atoms with Crippen molar-refractivity contribution in [3.05, 3.63) is 41.6 Å². The number of aromatic amines is 1. The molecule has 118 valence electrons. The topological polar surface area (TPSA) is 87.8 Å². The lowest BCUT2D eigenvalue weighted by molar-refractivity contribution is 0.386. The second kappa shape index (κ2) is 5.54. The number of anilines is 1. The van der Waals surface area contributed by atoms with E-state index in [1.807, 2.05) is 24.4 Å². The molecule has 2 aliphatic rings. The quantitative estimate of drug-likeness (QED) is 0.778. The van der Waals surface area contributed by atoms with Crippen LogP contribution in [0.5, 0.6) is 0 Å². The van der Waals surface area contributed by atoms with Gasteiger partial charge in [-0.05, 0) is 48.2 Å². The van der Waals surface area contributed by atoms with Gasteiger partial charge in [-0.3, -0.25) is 0 Å². The monoisotopic (exact) mass is 315 g/mol. The maximum atomic E-state index is 9.07. The van der Waals surface area contributed by atoms with Crippen molar-refractivity contribution in [1.82, 2.24) is 4.98 Å². The molecule has 1 aliphatic carbocycles. The Morgan fingerprint density at radius 1 is 1.04 bits per heavy atom. The van der Waals surface area contributed by atoms with Gasteiger partial charge in [0.2, 0.25) is 6.19 Å². The van der Waals surface area contributed by atoms with Crippen LogP contribution >= 0.6 is 0 Å². The van der Waals surface area contributed by atoms with Crippen molar-refractivity contribution in [2.24, 2.45) is 4.99 Å². The summed E-state index contributed by atoms with van der Waals surface area (Å²) in [4.78, 5) is 7.23. The lowest BCUT2D eigenvalue weighted by Gasteiger charge is -2.33. The van der Waals surface area contributed by atoms with Crippen molar-refractivity contribution < 1.29 is 0 Å². The third kappa shape index (κ3) is 2.10. The van der Waals surface area contributed by atoms with Crippen LogP contribution in [-0.4, -0.2) is 10.8 Å². The summed E-state index contributed by atoms with van der Waals surface area (Å²) in [5.41, 5.74) is 4.65. The number of nitrogens with one attached hydrogen (secondary N) is 2. The van der Waals surface area contributed by atoms with Crippen molar-refractivity contribution in [1.29, 1.82) is 10.5 Å². The van der Waals surface area contributed by atoms with Gasteiger partial charge in [-0.2, -0.15) is 15.5 Å². The van der Waals surface area contributed by atoms with Crippen LogP contribution in [0.4, 0.5) is 5.69 Å². The van der Waals surface area contributed by atoms with Crippen molar-refractivity contribution in [2.75, 3.05) is 5.32 Å². The summed E-state index contributed by atoms with van der Waals surface area (Å²) in [7, 11) is 0. The van der Waals surface area contributed by atoms with E-state index in [0.717, 1.165) is 48.5 Å². The minimum Gasteiger partial charge on any atom is -0.346 e. The third-order valence-corrected chi connectivity index (χ3v) is 5.23. The van der Waals surface area contributed by atoms with Gasteiger partial charge < -0.3 is 10.3 Å². The highest BCUT2D eigenvalue weighted by Gasteiger charge is 2.45. The fourth-order valence-electron chi connectivity index (χ4n) is 4.07. The van der Waals surface area contributed by atoms with Crippen LogP contribution in [0.3, 0.4) is 0 Å². The zero-order chi connectivity index (χ0) is 16.6. The first-order chi connectivity index (χ1) is 11.8. The van der Waals surface area contributed by atoms with E-state index in [2.05, 4.69) is 27.4 Å². The fourth-order valence-corrected chi connectivity index (χ4v) is 4.07. The minimum atomic E-state index is -0.163. The molecule has 1 aromatic carbocycles. The van der Waals surface area contributed by atoms with Gasteiger partial charge in [0.05, 0.1) is 5.41 Å². The fraction of sp³-hybridized carbons (Fsp3) is 0.316. The van der Waals surface area contributed by atoms with Gasteiger partial charge in [0.25, 0.3) is 0 Å². The zero-order valence-electron chi connectivity index (χ0n) is 13.3. The van der Waals surface area contributed by atoms with Crippen LogP contribution in [0.1, 0.15) is 43.4 Å². The molecular weight excluding hydrogens is 298 g/mol. The number of amidine groups is 1. The number of fused-ring (bicyclic) bond motifs is 2. The van der Waals surface area contributed by atoms with Gasteiger partial charge in [0.1, 0.15) is 17.6 Å². The molecule has 1 aromatic heterocycles. The molecule has 0 radical (unpaired) electrons. The summed E-state index contributed by atoms with van der Waals surface area (Å²) in [6, 6.07) is 12.1. The molecule has 1 fully saturated rings. The van der Waals surface area contributed by atoms with Crippen LogP contribution < -0.4 is 5.32 Å². The highest BCUT2D eigenvalue weighted by molar-refractivity contribution is 6.10. The predicted molar refractivity (Wildman–Crippen MR) is 92.4 cm³/mol. The first-order valence-corrected chi connectivity index (χ1v) is 8.25. The Bertz CT molecular complexity index is 901. The number of benzene rings is 1. The van der Waals surface area contributed by atoms with E-state index in [-0.39, 0.29) is 5.41 Å². The summed E-state index contributed by atoms with van der Waals surface area (Å²) in [5.74, 6) is 0.793. The second-order valence-corrected chi connectivity index (χ2v) is 6.49. The molecule has 1 aliphatic heterocycles. The molecule has 0 saturated heterocycles. The van der Waals surface area contributed by atoms with Crippen molar-refractivity contribution in [3.63, 3.8) is 0 Å². The molecule has 5 nitrogen and oxygen atoms in total. The molecule has 0 atom stereocenters. The molecule has 5 heteroatoms. The highest BCUT2D eigenvalue weighted by atomic mass is 15.1. The third-order valence-electron chi connectivity index (χ3n) is 5.23. The molecule has 1 saturated carbocycles. The number of aromatic nitrogens is 1. The summed E-state index contributed by atoms with van der Waals surface area (Å²) in [6.45, 7) is 0. The smallest absolute Gasteiger partial charge is 0.207 e. The summed E-state index contributed by atoms with van der Waals surface area (Å²) >= 11 is 0. The number of hydrogen-bond acceptors (Lipinski definition) is 3. The first kappa shape index (κ1) is 14.5. The molecule has 2 heterocycles. The minimum absolute atomic E-state index is 0.163. The Labute approximate surface area is 140 Å². The van der Waals surface area contributed by atoms with E-state index in [9.17, 15) is 0 Å². The van der Waals surface area contributed by atoms with Crippen molar-refractivity contribution in [2.45, 2.75) is 37.5 Å². The molecule has 1 spiro atoms. The van der Waals surface area contributed by atoms with Crippen LogP contribution in [0.15, 0.2) is 35.3 Å². The summed E-state index contributed by atoms with van der Waals surface area (Å²) < 4.78 is 0. The van der Waals surface area contributed by atoms with Crippen LogP contribution in [0.25, 0.3) is 11.3 Å². The Kier molecular flexibility index (Phi) is 3.36. The largest absolute Gasteiger partial charge is 0.346 e. The average Bonchev–Trinajstić information content (AvgIpc) is 3.20. The van der Waals surface area contributed by atoms with Crippen LogP contribution in [0, 0.1) is 22.8 Å². The van der Waals surface area contributed by atoms with E-state index in [1.165, 1.54) is 12.0 Å². The molecule has 4 rings (SSSR count). The number of hydrogen-bond donors (Lipinski definition) is 2. The van der Waals surface area contributed by atoms with Crippen molar-refractivity contribution in [3.8, 4) is 23.5 Å². The molecule has 0 unspecified atom stereocenters. The number of aliphatic imine (C=N–C) groups is 1. The molecule has 2 N–H and O–H groups in total. The summed E-state index contributed by atoms with van der Waals surface area (Å²) in [5, 5.41) is 21.4. The van der Waals surface area contributed by atoms with E-state index in [4.69, 9.17) is 10.5 Å². The Hall–Kier alpha value is -3.05. The number of nitrogens with zero attached hydrogens (tertiary/aromatic N) is 3. The van der Waals surface area contributed by atoms with Gasteiger partial charge in [-0.1, -0.05) is 25.3 Å². The summed E-state index contributed by atoms with van der Waals surface area (Å²) in [6.07, 6.45) is 7.53. The Balaban J connectivity index is 1.83. The average molecular weight is 315 g/mol. The van der Waals surface area contributed by atoms with E-state index >= 15 is 0 Å². The molecule has 24 heavy (non-hydrogen) atoms. The number of rotatable bonds is 1. The van der Waals surface area contributed by atoms with Gasteiger partial charge in [-0.15, -0.1) is 0 Å². The zero-order valence-corrected chi connectivity index (χ0v) is 13.3. The van der Waals surface area contributed by atoms with E-state index < -0.39 is 0 Å². The molecule has 2 aromatic rings. The standard InChI is InChI=1S/C19H17N5/c20-11-14-5-7-16(23-14)13-4-6-17-15(10-13)19(8-2-1-3-9-19)18(24-17)22-12-21/h4-7,10,23H,1-3,8-9H2,(H,22,24). The second-order valence-electron chi connectivity index (χ2n) is 6.49. The van der Waals surface area contributed by atoms with Crippen LogP contribution in [-0.2, 0) is 5.41 Å². The molecule has 0 amide bonds. The van der Waals surface area contributed by atoms with E-state index in [1.54, 1.807) is 6.07 Å². The lowest BCUT2D eigenvalue weighted by atomic mass is 9.69. The van der Waals surface area contributed by atoms with Gasteiger partial charge in [0, 0.05) is 11.4 Å². The SMILES string of the molecule is N#CN=C1Nc2ccc(-c3ccc(C#N)[nH]3)cc2C12CCCCC2. The molecular formula is C19H17N5. The van der Waals surface area contributed by atoms with Crippen LogP contribution in [0.2, 0.25) is 0 Å². The Morgan fingerprint density at radius 3 is 2.58 bits per heavy atom. The normalized spacial score (nSPS) is 19.5. The lowest BCUT2D eigenvalue weighted by Crippen LogP contribution is -2.36. The highest BCUT2D eigenvalue weighted by Crippen LogP contribution is 2.48. The van der Waals surface area contributed by atoms with E-state index in [0.29, 0.717) is 5.69 Å². The van der Waals surface area contributed by atoms with Gasteiger partial charge in [-0.25, -0.2) is 0 Å². The Morgan fingerprint density at radius 2 is 1.88 bits per heavy atom. The molecule has 0 bridgehead atoms.